The van der Waals surface area contributed by atoms with E-state index in [0.29, 0.717) is 18.7 Å². The van der Waals surface area contributed by atoms with E-state index < -0.39 is 29.6 Å². The number of hydrogen-bond donors (Lipinski definition) is 2. The number of urea groups is 1. The third-order valence-electron chi connectivity index (χ3n) is 4.12. The molecule has 0 saturated carbocycles. The molecule has 1 atom stereocenters. The van der Waals surface area contributed by atoms with E-state index in [2.05, 4.69) is 10.6 Å². The second-order valence-electron chi connectivity index (χ2n) is 5.98. The van der Waals surface area contributed by atoms with Crippen LogP contribution in [-0.4, -0.2) is 24.5 Å². The van der Waals surface area contributed by atoms with E-state index in [4.69, 9.17) is 0 Å². The summed E-state index contributed by atoms with van der Waals surface area (Å²) in [6, 6.07) is 7.91. The van der Waals surface area contributed by atoms with Crippen molar-refractivity contribution in [2.45, 2.75) is 18.6 Å². The number of benzene rings is 2. The van der Waals surface area contributed by atoms with Crippen LogP contribution in [0.15, 0.2) is 48.5 Å². The molecule has 142 valence electrons. The first kappa shape index (κ1) is 18.7. The van der Waals surface area contributed by atoms with Crippen molar-refractivity contribution >= 4 is 23.3 Å². The Morgan fingerprint density at radius 3 is 2.26 bits per heavy atom. The highest BCUT2D eigenvalue weighted by atomic mass is 19.4. The number of alkyl halides is 3. The summed E-state index contributed by atoms with van der Waals surface area (Å²) in [7, 11) is 0. The predicted molar refractivity (Wildman–Crippen MR) is 90.8 cm³/mol. The fourth-order valence-corrected chi connectivity index (χ4v) is 2.76. The quantitative estimate of drug-likeness (QED) is 0.795. The van der Waals surface area contributed by atoms with E-state index in [1.165, 1.54) is 29.2 Å². The molecule has 0 aliphatic carbocycles. The minimum atomic E-state index is -4.46. The first-order valence-electron chi connectivity index (χ1n) is 8.06. The van der Waals surface area contributed by atoms with E-state index >= 15 is 0 Å². The van der Waals surface area contributed by atoms with Crippen molar-refractivity contribution in [2.75, 3.05) is 16.8 Å². The zero-order valence-corrected chi connectivity index (χ0v) is 13.9. The number of halogens is 4. The van der Waals surface area contributed by atoms with Gasteiger partial charge in [-0.2, -0.15) is 13.2 Å². The molecule has 0 bridgehead atoms. The summed E-state index contributed by atoms with van der Waals surface area (Å²) in [4.78, 5) is 25.9. The molecule has 1 fully saturated rings. The van der Waals surface area contributed by atoms with E-state index in [1.807, 2.05) is 0 Å². The zero-order valence-electron chi connectivity index (χ0n) is 13.9. The van der Waals surface area contributed by atoms with Crippen molar-refractivity contribution in [3.63, 3.8) is 0 Å². The number of anilines is 2. The minimum absolute atomic E-state index is 0.168. The summed E-state index contributed by atoms with van der Waals surface area (Å²) >= 11 is 0. The Balaban J connectivity index is 1.58. The van der Waals surface area contributed by atoms with Crippen molar-refractivity contribution in [1.29, 1.82) is 0 Å². The van der Waals surface area contributed by atoms with Gasteiger partial charge in [0, 0.05) is 17.9 Å². The molecule has 3 amide bonds. The van der Waals surface area contributed by atoms with Crippen LogP contribution in [0, 0.1) is 5.82 Å². The molecule has 2 aromatic rings. The maximum absolute atomic E-state index is 13.0. The highest BCUT2D eigenvalue weighted by Gasteiger charge is 2.34. The molecule has 0 aromatic heterocycles. The fraction of sp³-hybridized carbons (Fsp3) is 0.222. The normalized spacial score (nSPS) is 17.1. The average Bonchev–Trinajstić information content (AvgIpc) is 2.96. The number of carbonyl (C=O) groups excluding carboxylic acids is 2. The van der Waals surface area contributed by atoms with Crippen molar-refractivity contribution in [1.82, 2.24) is 5.32 Å². The van der Waals surface area contributed by atoms with Gasteiger partial charge in [0.25, 0.3) is 0 Å². The third-order valence-corrected chi connectivity index (χ3v) is 4.12. The van der Waals surface area contributed by atoms with Gasteiger partial charge in [0.1, 0.15) is 11.9 Å². The smallest absolute Gasteiger partial charge is 0.326 e. The Morgan fingerprint density at radius 1 is 1.04 bits per heavy atom. The summed E-state index contributed by atoms with van der Waals surface area (Å²) in [6.07, 6.45) is -4.10. The van der Waals surface area contributed by atoms with Crippen molar-refractivity contribution in [3.05, 3.63) is 59.9 Å². The topological polar surface area (TPSA) is 61.4 Å². The standard InChI is InChI=1S/C18H15F4N3O2/c19-12-3-7-14(8-4-12)25-10-9-15(16(25)26)24-17(27)23-13-5-1-11(2-6-13)18(20,21)22/h1-8,15H,9-10H2,(H2,23,24,27). The van der Waals surface area contributed by atoms with E-state index in [-0.39, 0.29) is 11.6 Å². The Hall–Kier alpha value is -3.10. The van der Waals surface area contributed by atoms with Crippen LogP contribution in [-0.2, 0) is 11.0 Å². The van der Waals surface area contributed by atoms with E-state index in [9.17, 15) is 27.2 Å². The van der Waals surface area contributed by atoms with Crippen LogP contribution in [0.2, 0.25) is 0 Å². The Morgan fingerprint density at radius 2 is 1.67 bits per heavy atom. The Labute approximate surface area is 152 Å². The molecule has 2 N–H and O–H groups in total. The van der Waals surface area contributed by atoms with Gasteiger partial charge in [-0.3, -0.25) is 4.79 Å². The molecule has 1 unspecified atom stereocenters. The molecule has 0 radical (unpaired) electrons. The second-order valence-corrected chi connectivity index (χ2v) is 5.98. The summed E-state index contributed by atoms with van der Waals surface area (Å²) in [5, 5.41) is 4.89. The molecule has 2 aromatic carbocycles. The molecule has 1 aliphatic heterocycles. The van der Waals surface area contributed by atoms with Crippen LogP contribution < -0.4 is 15.5 Å². The van der Waals surface area contributed by atoms with Crippen molar-refractivity contribution < 1.29 is 27.2 Å². The SMILES string of the molecule is O=C(Nc1ccc(C(F)(F)F)cc1)NC1CCN(c2ccc(F)cc2)C1=O. The number of nitrogens with one attached hydrogen (secondary N) is 2. The molecule has 1 saturated heterocycles. The van der Waals surface area contributed by atoms with Gasteiger partial charge in [-0.15, -0.1) is 0 Å². The number of amides is 3. The van der Waals surface area contributed by atoms with Crippen LogP contribution >= 0.6 is 0 Å². The highest BCUT2D eigenvalue weighted by Crippen LogP contribution is 2.29. The summed E-state index contributed by atoms with van der Waals surface area (Å²) in [6.45, 7) is 0.357. The van der Waals surface area contributed by atoms with Gasteiger partial charge in [-0.25, -0.2) is 9.18 Å². The second kappa shape index (κ2) is 7.26. The van der Waals surface area contributed by atoms with Crippen LogP contribution in [0.1, 0.15) is 12.0 Å². The molecular formula is C18H15F4N3O2. The predicted octanol–water partition coefficient (Wildman–Crippen LogP) is 3.77. The largest absolute Gasteiger partial charge is 0.416 e. The Bertz CT molecular complexity index is 835. The molecular weight excluding hydrogens is 366 g/mol. The van der Waals surface area contributed by atoms with Crippen LogP contribution in [0.25, 0.3) is 0 Å². The first-order valence-corrected chi connectivity index (χ1v) is 8.06. The Kier molecular flexibility index (Phi) is 5.02. The lowest BCUT2D eigenvalue weighted by atomic mass is 10.2. The van der Waals surface area contributed by atoms with Gasteiger partial charge in [0.05, 0.1) is 5.56 Å². The van der Waals surface area contributed by atoms with Crippen molar-refractivity contribution in [3.8, 4) is 0 Å². The first-order chi connectivity index (χ1) is 12.7. The van der Waals surface area contributed by atoms with Gasteiger partial charge >= 0.3 is 12.2 Å². The lowest BCUT2D eigenvalue weighted by molar-refractivity contribution is -0.137. The lowest BCUT2D eigenvalue weighted by Crippen LogP contribution is -2.43. The summed E-state index contributed by atoms with van der Waals surface area (Å²) in [5.41, 5.74) is -0.135. The van der Waals surface area contributed by atoms with Gasteiger partial charge < -0.3 is 15.5 Å². The fourth-order valence-electron chi connectivity index (χ4n) is 2.76. The third kappa shape index (κ3) is 4.36. The molecule has 1 aliphatic rings. The van der Waals surface area contributed by atoms with E-state index in [1.54, 1.807) is 0 Å². The molecule has 0 spiro atoms. The number of rotatable bonds is 3. The zero-order chi connectivity index (χ0) is 19.6. The van der Waals surface area contributed by atoms with Crippen LogP contribution in [0.4, 0.5) is 33.7 Å². The molecule has 9 heteroatoms. The molecule has 27 heavy (non-hydrogen) atoms. The van der Waals surface area contributed by atoms with Gasteiger partial charge in [0.2, 0.25) is 5.91 Å². The van der Waals surface area contributed by atoms with Crippen molar-refractivity contribution in [2.24, 2.45) is 0 Å². The van der Waals surface area contributed by atoms with Gasteiger partial charge in [0.15, 0.2) is 0 Å². The maximum atomic E-state index is 13.0. The molecule has 5 nitrogen and oxygen atoms in total. The van der Waals surface area contributed by atoms with Gasteiger partial charge in [-0.1, -0.05) is 0 Å². The summed E-state index contributed by atoms with van der Waals surface area (Å²) < 4.78 is 50.6. The number of hydrogen-bond acceptors (Lipinski definition) is 2. The van der Waals surface area contributed by atoms with E-state index in [0.717, 1.165) is 24.3 Å². The number of carbonyl (C=O) groups is 2. The summed E-state index contributed by atoms with van der Waals surface area (Å²) in [5.74, 6) is -0.764. The highest BCUT2D eigenvalue weighted by molar-refractivity contribution is 6.02. The number of nitrogens with zero attached hydrogens (tertiary/aromatic N) is 1. The maximum Gasteiger partial charge on any atom is 0.416 e. The average molecular weight is 381 g/mol. The molecule has 1 heterocycles. The minimum Gasteiger partial charge on any atom is -0.326 e. The van der Waals surface area contributed by atoms with Crippen LogP contribution in [0.5, 0.6) is 0 Å². The lowest BCUT2D eigenvalue weighted by Gasteiger charge is -2.17. The molecule has 3 rings (SSSR count). The van der Waals surface area contributed by atoms with Crippen LogP contribution in [0.3, 0.4) is 0 Å². The monoisotopic (exact) mass is 381 g/mol. The van der Waals surface area contributed by atoms with Gasteiger partial charge in [-0.05, 0) is 55.0 Å².